The Balaban J connectivity index is 2.95. The highest BCUT2D eigenvalue weighted by Gasteiger charge is 2.24. The minimum absolute atomic E-state index is 0.116. The van der Waals surface area contributed by atoms with Gasteiger partial charge in [0, 0.05) is 31.7 Å². The first-order valence-corrected chi connectivity index (χ1v) is 7.85. The third-order valence-corrected chi connectivity index (χ3v) is 5.08. The Morgan fingerprint density at radius 2 is 1.90 bits per heavy atom. The van der Waals surface area contributed by atoms with Crippen LogP contribution in [0.4, 0.5) is 5.69 Å². The predicted octanol–water partition coefficient (Wildman–Crippen LogP) is 1.00. The molecule has 0 aliphatic rings. The van der Waals surface area contributed by atoms with Crippen LogP contribution < -0.4 is 11.1 Å². The van der Waals surface area contributed by atoms with Gasteiger partial charge in [-0.1, -0.05) is 6.92 Å². The number of nitrogens with two attached hydrogens (primary N) is 1. The van der Waals surface area contributed by atoms with Gasteiger partial charge in [-0.2, -0.15) is 4.31 Å². The summed E-state index contributed by atoms with van der Waals surface area (Å²) in [4.78, 5) is 11.4. The molecule has 0 saturated carbocycles. The zero-order valence-corrected chi connectivity index (χ0v) is 12.8. The molecule has 0 aromatic heterocycles. The van der Waals surface area contributed by atoms with Crippen molar-refractivity contribution in [2.75, 3.05) is 18.9 Å². The molecule has 3 N–H and O–H groups in total. The van der Waals surface area contributed by atoms with Crippen molar-refractivity contribution in [2.24, 2.45) is 5.73 Å². The Labute approximate surface area is 120 Å². The number of hydrogen-bond acceptors (Lipinski definition) is 4. The van der Waals surface area contributed by atoms with Crippen LogP contribution in [0.3, 0.4) is 0 Å². The number of sulfonamides is 1. The number of anilines is 1. The lowest BCUT2D eigenvalue weighted by molar-refractivity contribution is -0.115. The van der Waals surface area contributed by atoms with Gasteiger partial charge in [0.2, 0.25) is 15.9 Å². The van der Waals surface area contributed by atoms with Crippen molar-refractivity contribution in [3.05, 3.63) is 24.3 Å². The van der Waals surface area contributed by atoms with E-state index >= 15 is 0 Å². The second-order valence-electron chi connectivity index (χ2n) is 4.53. The van der Waals surface area contributed by atoms with Crippen molar-refractivity contribution >= 4 is 21.6 Å². The zero-order chi connectivity index (χ0) is 15.3. The molecule has 1 unspecified atom stereocenters. The molecular formula is C13H21N3O3S. The molecule has 7 heteroatoms. The third-order valence-electron chi connectivity index (χ3n) is 3.10. The lowest BCUT2D eigenvalue weighted by Crippen LogP contribution is -2.39. The average Bonchev–Trinajstić information content (AvgIpc) is 2.45. The molecule has 0 radical (unpaired) electrons. The van der Waals surface area contributed by atoms with Crippen LogP contribution in [0.15, 0.2) is 29.2 Å². The van der Waals surface area contributed by atoms with E-state index in [1.165, 1.54) is 23.5 Å². The fraction of sp³-hybridized carbons (Fsp3) is 0.462. The van der Waals surface area contributed by atoms with Crippen LogP contribution in [0.25, 0.3) is 0 Å². The zero-order valence-electron chi connectivity index (χ0n) is 12.0. The number of carbonyl (C=O) groups is 1. The van der Waals surface area contributed by atoms with E-state index in [2.05, 4.69) is 5.32 Å². The predicted molar refractivity (Wildman–Crippen MR) is 78.8 cm³/mol. The first-order chi connectivity index (χ1) is 9.32. The molecule has 1 aromatic rings. The highest BCUT2D eigenvalue weighted by atomic mass is 32.2. The van der Waals surface area contributed by atoms with Crippen LogP contribution in [0.2, 0.25) is 0 Å². The maximum atomic E-state index is 12.3. The van der Waals surface area contributed by atoms with E-state index in [0.29, 0.717) is 12.1 Å². The van der Waals surface area contributed by atoms with Crippen molar-refractivity contribution in [1.29, 1.82) is 0 Å². The van der Waals surface area contributed by atoms with Gasteiger partial charge >= 0.3 is 0 Å². The molecule has 0 aliphatic heterocycles. The van der Waals surface area contributed by atoms with E-state index in [1.807, 2.05) is 0 Å². The summed E-state index contributed by atoms with van der Waals surface area (Å²) in [6, 6.07) is 5.81. The van der Waals surface area contributed by atoms with E-state index in [-0.39, 0.29) is 23.4 Å². The summed E-state index contributed by atoms with van der Waals surface area (Å²) < 4.78 is 25.9. The number of likely N-dealkylation sites (N-methyl/N-ethyl adjacent to an activating group) is 1. The van der Waals surface area contributed by atoms with Crippen molar-refractivity contribution in [2.45, 2.75) is 31.2 Å². The molecule has 1 atom stereocenters. The normalized spacial score (nSPS) is 13.2. The van der Waals surface area contributed by atoms with Gasteiger partial charge in [0.1, 0.15) is 0 Å². The van der Waals surface area contributed by atoms with Gasteiger partial charge in [-0.25, -0.2) is 8.42 Å². The van der Waals surface area contributed by atoms with E-state index in [4.69, 9.17) is 5.73 Å². The van der Waals surface area contributed by atoms with Crippen LogP contribution in [-0.4, -0.2) is 38.3 Å². The molecule has 0 spiro atoms. The smallest absolute Gasteiger partial charge is 0.243 e. The van der Waals surface area contributed by atoms with Crippen LogP contribution >= 0.6 is 0 Å². The lowest BCUT2D eigenvalue weighted by Gasteiger charge is -2.23. The first kappa shape index (κ1) is 16.6. The van der Waals surface area contributed by atoms with Crippen LogP contribution in [0.5, 0.6) is 0 Å². The van der Waals surface area contributed by atoms with E-state index in [0.717, 1.165) is 0 Å². The summed E-state index contributed by atoms with van der Waals surface area (Å²) in [6.45, 7) is 3.74. The summed E-state index contributed by atoms with van der Waals surface area (Å²) in [6.07, 6.45) is 0.372. The van der Waals surface area contributed by atoms with Gasteiger partial charge in [0.05, 0.1) is 4.90 Å². The summed E-state index contributed by atoms with van der Waals surface area (Å²) in [5, 5.41) is 2.67. The highest BCUT2D eigenvalue weighted by molar-refractivity contribution is 7.89. The Morgan fingerprint density at radius 3 is 2.35 bits per heavy atom. The number of carbonyl (C=O) groups excluding carboxylic acids is 1. The molecule has 0 aliphatic carbocycles. The molecule has 0 bridgehead atoms. The Morgan fingerprint density at radius 1 is 1.35 bits per heavy atom. The van der Waals surface area contributed by atoms with E-state index in [1.54, 1.807) is 26.0 Å². The van der Waals surface area contributed by atoms with Crippen LogP contribution in [0.1, 0.15) is 20.3 Å². The Kier molecular flexibility index (Phi) is 5.67. The molecule has 1 amide bonds. The second-order valence-corrected chi connectivity index (χ2v) is 6.53. The molecule has 0 heterocycles. The van der Waals surface area contributed by atoms with Gasteiger partial charge in [-0.3, -0.25) is 4.79 Å². The fourth-order valence-corrected chi connectivity index (χ4v) is 2.88. The topological polar surface area (TPSA) is 92.5 Å². The van der Waals surface area contributed by atoms with Crippen LogP contribution in [0, 0.1) is 0 Å². The van der Waals surface area contributed by atoms with Gasteiger partial charge in [-0.05, 0) is 31.2 Å². The fourth-order valence-electron chi connectivity index (χ4n) is 1.51. The monoisotopic (exact) mass is 299 g/mol. The molecule has 0 saturated heterocycles. The maximum absolute atomic E-state index is 12.3. The Bertz CT molecular complexity index is 555. The highest BCUT2D eigenvalue weighted by Crippen LogP contribution is 2.19. The van der Waals surface area contributed by atoms with Gasteiger partial charge in [0.15, 0.2) is 0 Å². The van der Waals surface area contributed by atoms with Gasteiger partial charge < -0.3 is 11.1 Å². The molecule has 6 nitrogen and oxygen atoms in total. The quantitative estimate of drug-likeness (QED) is 0.819. The third kappa shape index (κ3) is 3.78. The molecule has 20 heavy (non-hydrogen) atoms. The van der Waals surface area contributed by atoms with Crippen molar-refractivity contribution < 1.29 is 13.2 Å². The average molecular weight is 299 g/mol. The number of rotatable bonds is 6. The SMILES string of the molecule is CCC(=O)Nc1ccc(S(=O)(=O)N(C)C(C)CN)cc1. The van der Waals surface area contributed by atoms with Crippen molar-refractivity contribution in [1.82, 2.24) is 4.31 Å². The second kappa shape index (κ2) is 6.83. The molecule has 1 rings (SSSR count). The lowest BCUT2D eigenvalue weighted by atomic mass is 10.3. The number of nitrogens with zero attached hydrogens (tertiary/aromatic N) is 1. The van der Waals surface area contributed by atoms with Crippen molar-refractivity contribution in [3.63, 3.8) is 0 Å². The minimum Gasteiger partial charge on any atom is -0.329 e. The summed E-state index contributed by atoms with van der Waals surface area (Å²) in [7, 11) is -2.06. The summed E-state index contributed by atoms with van der Waals surface area (Å²) in [5.41, 5.74) is 6.06. The minimum atomic E-state index is -3.56. The number of amides is 1. The molecular weight excluding hydrogens is 278 g/mol. The number of benzene rings is 1. The number of hydrogen-bond donors (Lipinski definition) is 2. The summed E-state index contributed by atoms with van der Waals surface area (Å²) in [5.74, 6) is -0.116. The van der Waals surface area contributed by atoms with Gasteiger partial charge in [0.25, 0.3) is 0 Å². The van der Waals surface area contributed by atoms with Gasteiger partial charge in [-0.15, -0.1) is 0 Å². The number of nitrogens with one attached hydrogen (secondary N) is 1. The van der Waals surface area contributed by atoms with Crippen LogP contribution in [-0.2, 0) is 14.8 Å². The largest absolute Gasteiger partial charge is 0.329 e. The standard InChI is InChI=1S/C13H21N3O3S/c1-4-13(17)15-11-5-7-12(8-6-11)20(18,19)16(3)10(2)9-14/h5-8,10H,4,9,14H2,1-3H3,(H,15,17). The molecule has 112 valence electrons. The molecule has 1 aromatic carbocycles. The van der Waals surface area contributed by atoms with E-state index in [9.17, 15) is 13.2 Å². The first-order valence-electron chi connectivity index (χ1n) is 6.41. The molecule has 0 fully saturated rings. The van der Waals surface area contributed by atoms with Crippen molar-refractivity contribution in [3.8, 4) is 0 Å². The Hall–Kier alpha value is -1.44. The maximum Gasteiger partial charge on any atom is 0.243 e. The summed E-state index contributed by atoms with van der Waals surface area (Å²) >= 11 is 0. The van der Waals surface area contributed by atoms with E-state index < -0.39 is 10.0 Å².